The molecule has 2 amide bonds. The second-order valence-corrected chi connectivity index (χ2v) is 7.68. The average Bonchev–Trinajstić information content (AvgIpc) is 3.19. The van der Waals surface area contributed by atoms with Gasteiger partial charge in [-0.05, 0) is 25.0 Å². The van der Waals surface area contributed by atoms with Crippen LogP contribution in [0.25, 0.3) is 0 Å². The highest BCUT2D eigenvalue weighted by molar-refractivity contribution is 6.42. The summed E-state index contributed by atoms with van der Waals surface area (Å²) in [5.74, 6) is 1.13. The van der Waals surface area contributed by atoms with Gasteiger partial charge in [0.05, 0.1) is 23.1 Å². The van der Waals surface area contributed by atoms with Gasteiger partial charge >= 0.3 is 0 Å². The third kappa shape index (κ3) is 4.83. The number of hydrogen-bond acceptors (Lipinski definition) is 3. The van der Waals surface area contributed by atoms with Crippen molar-refractivity contribution in [2.75, 3.05) is 32.8 Å². The van der Waals surface area contributed by atoms with Gasteiger partial charge in [-0.3, -0.25) is 9.59 Å². The van der Waals surface area contributed by atoms with Crippen molar-refractivity contribution in [2.45, 2.75) is 32.1 Å². The van der Waals surface area contributed by atoms with E-state index in [1.807, 2.05) is 9.80 Å². The second-order valence-electron chi connectivity index (χ2n) is 6.86. The van der Waals surface area contributed by atoms with E-state index in [2.05, 4.69) is 0 Å². The van der Waals surface area contributed by atoms with E-state index in [1.165, 1.54) is 0 Å². The number of carbonyl (C=O) groups excluding carboxylic acids is 2. The molecule has 142 valence electrons. The number of rotatable bonds is 5. The van der Waals surface area contributed by atoms with Gasteiger partial charge in [-0.1, -0.05) is 36.0 Å². The van der Waals surface area contributed by atoms with Crippen molar-refractivity contribution in [3.63, 3.8) is 0 Å². The molecule has 0 bridgehead atoms. The first-order valence-electron chi connectivity index (χ1n) is 9.19. The van der Waals surface area contributed by atoms with E-state index >= 15 is 0 Å². The molecule has 7 heteroatoms. The Balaban J connectivity index is 1.39. The molecule has 2 aliphatic rings. The molecule has 3 rings (SSSR count). The molecule has 1 aromatic rings. The Labute approximate surface area is 164 Å². The van der Waals surface area contributed by atoms with Gasteiger partial charge in [0.25, 0.3) is 0 Å². The Morgan fingerprint density at radius 3 is 2.31 bits per heavy atom. The van der Waals surface area contributed by atoms with E-state index in [9.17, 15) is 9.59 Å². The SMILES string of the molecule is O=C(CCOc1ccc(Cl)c(Cl)c1)N1CCN(C(=O)C2CCCC2)CC1. The molecule has 0 spiro atoms. The van der Waals surface area contributed by atoms with Crippen molar-refractivity contribution < 1.29 is 14.3 Å². The summed E-state index contributed by atoms with van der Waals surface area (Å²) < 4.78 is 5.58. The van der Waals surface area contributed by atoms with Crippen molar-refractivity contribution in [2.24, 2.45) is 5.92 Å². The van der Waals surface area contributed by atoms with Gasteiger partial charge in [0.1, 0.15) is 5.75 Å². The number of benzene rings is 1. The molecule has 1 saturated heterocycles. The average molecular weight is 399 g/mol. The Bertz CT molecular complexity index is 654. The fourth-order valence-electron chi connectivity index (χ4n) is 3.59. The maximum Gasteiger partial charge on any atom is 0.226 e. The fourth-order valence-corrected chi connectivity index (χ4v) is 3.88. The van der Waals surface area contributed by atoms with E-state index in [0.717, 1.165) is 25.7 Å². The van der Waals surface area contributed by atoms with Crippen LogP contribution in [0.2, 0.25) is 10.0 Å². The Kier molecular flexibility index (Phi) is 6.65. The Hall–Kier alpha value is -1.46. The van der Waals surface area contributed by atoms with Crippen LogP contribution in [0.4, 0.5) is 0 Å². The van der Waals surface area contributed by atoms with Crippen molar-refractivity contribution in [3.8, 4) is 5.75 Å². The van der Waals surface area contributed by atoms with Crippen LogP contribution in [0, 0.1) is 5.92 Å². The summed E-state index contributed by atoms with van der Waals surface area (Å²) in [6, 6.07) is 5.04. The highest BCUT2D eigenvalue weighted by atomic mass is 35.5. The molecule has 0 atom stereocenters. The number of nitrogens with zero attached hydrogens (tertiary/aromatic N) is 2. The highest BCUT2D eigenvalue weighted by Crippen LogP contribution is 2.27. The van der Waals surface area contributed by atoms with Gasteiger partial charge in [0, 0.05) is 38.2 Å². The van der Waals surface area contributed by atoms with Crippen LogP contribution >= 0.6 is 23.2 Å². The second kappa shape index (κ2) is 8.96. The fraction of sp³-hybridized carbons (Fsp3) is 0.579. The van der Waals surface area contributed by atoms with Gasteiger partial charge in [-0.25, -0.2) is 0 Å². The van der Waals surface area contributed by atoms with Crippen LogP contribution in [-0.4, -0.2) is 54.4 Å². The van der Waals surface area contributed by atoms with Crippen LogP contribution in [0.1, 0.15) is 32.1 Å². The van der Waals surface area contributed by atoms with Gasteiger partial charge in [-0.2, -0.15) is 0 Å². The van der Waals surface area contributed by atoms with Crippen LogP contribution in [0.15, 0.2) is 18.2 Å². The van der Waals surface area contributed by atoms with Gasteiger partial charge in [0.2, 0.25) is 11.8 Å². The Morgan fingerprint density at radius 1 is 1.00 bits per heavy atom. The monoisotopic (exact) mass is 398 g/mol. The largest absolute Gasteiger partial charge is 0.493 e. The predicted molar refractivity (Wildman–Crippen MR) is 102 cm³/mol. The first-order chi connectivity index (χ1) is 12.5. The molecule has 2 fully saturated rings. The van der Waals surface area contributed by atoms with Crippen molar-refractivity contribution in [3.05, 3.63) is 28.2 Å². The van der Waals surface area contributed by atoms with Crippen molar-refractivity contribution in [1.29, 1.82) is 0 Å². The minimum absolute atomic E-state index is 0.0537. The first-order valence-corrected chi connectivity index (χ1v) is 9.94. The molecular weight excluding hydrogens is 375 g/mol. The topological polar surface area (TPSA) is 49.9 Å². The molecule has 1 saturated carbocycles. The summed E-state index contributed by atoms with van der Waals surface area (Å²) in [5, 5.41) is 0.902. The number of ether oxygens (including phenoxy) is 1. The van der Waals surface area contributed by atoms with E-state index in [1.54, 1.807) is 18.2 Å². The molecule has 5 nitrogen and oxygen atoms in total. The van der Waals surface area contributed by atoms with E-state index in [-0.39, 0.29) is 24.3 Å². The van der Waals surface area contributed by atoms with Crippen LogP contribution < -0.4 is 4.74 Å². The molecule has 0 aromatic heterocycles. The molecule has 1 aliphatic carbocycles. The zero-order valence-corrected chi connectivity index (χ0v) is 16.3. The summed E-state index contributed by atoms with van der Waals surface area (Å²) in [6.07, 6.45) is 4.66. The third-order valence-electron chi connectivity index (χ3n) is 5.12. The molecule has 1 aliphatic heterocycles. The molecule has 0 unspecified atom stereocenters. The number of carbonyl (C=O) groups is 2. The first kappa shape index (κ1) is 19.3. The van der Waals surface area contributed by atoms with Crippen molar-refractivity contribution >= 4 is 35.0 Å². The predicted octanol–water partition coefficient (Wildman–Crippen LogP) is 3.62. The standard InChI is InChI=1S/C19H24Cl2N2O3/c20-16-6-5-15(13-17(16)21)26-12-7-18(24)22-8-10-23(11-9-22)19(25)14-3-1-2-4-14/h5-6,13-14H,1-4,7-12H2. The summed E-state index contributed by atoms with van der Waals surface area (Å²) in [4.78, 5) is 28.5. The summed E-state index contributed by atoms with van der Waals surface area (Å²) in [7, 11) is 0. The molecule has 1 aromatic carbocycles. The lowest BCUT2D eigenvalue weighted by Gasteiger charge is -2.36. The number of halogens is 2. The summed E-state index contributed by atoms with van der Waals surface area (Å²) in [6.45, 7) is 2.76. The van der Waals surface area contributed by atoms with Crippen LogP contribution in [-0.2, 0) is 9.59 Å². The number of amides is 2. The third-order valence-corrected chi connectivity index (χ3v) is 5.86. The zero-order chi connectivity index (χ0) is 18.5. The molecule has 26 heavy (non-hydrogen) atoms. The lowest BCUT2D eigenvalue weighted by molar-refractivity contribution is -0.142. The molecule has 1 heterocycles. The van der Waals surface area contributed by atoms with Gasteiger partial charge < -0.3 is 14.5 Å². The zero-order valence-electron chi connectivity index (χ0n) is 14.8. The van der Waals surface area contributed by atoms with E-state index < -0.39 is 0 Å². The normalized spacial score (nSPS) is 18.2. The minimum atomic E-state index is 0.0537. The smallest absolute Gasteiger partial charge is 0.226 e. The minimum Gasteiger partial charge on any atom is -0.493 e. The number of hydrogen-bond donors (Lipinski definition) is 0. The molecule has 0 N–H and O–H groups in total. The van der Waals surface area contributed by atoms with Crippen LogP contribution in [0.3, 0.4) is 0 Å². The van der Waals surface area contributed by atoms with Gasteiger partial charge in [-0.15, -0.1) is 0 Å². The summed E-state index contributed by atoms with van der Waals surface area (Å²) in [5.41, 5.74) is 0. The molecular formula is C19H24Cl2N2O3. The highest BCUT2D eigenvalue weighted by Gasteiger charge is 2.30. The number of piperazine rings is 1. The maximum absolute atomic E-state index is 12.4. The summed E-state index contributed by atoms with van der Waals surface area (Å²) >= 11 is 11.8. The Morgan fingerprint density at radius 2 is 1.65 bits per heavy atom. The van der Waals surface area contributed by atoms with Crippen LogP contribution in [0.5, 0.6) is 5.75 Å². The quantitative estimate of drug-likeness (QED) is 0.760. The lowest BCUT2D eigenvalue weighted by Crippen LogP contribution is -2.51. The lowest BCUT2D eigenvalue weighted by atomic mass is 10.1. The van der Waals surface area contributed by atoms with Crippen molar-refractivity contribution in [1.82, 2.24) is 9.80 Å². The molecule has 0 radical (unpaired) electrons. The van der Waals surface area contributed by atoms with Gasteiger partial charge in [0.15, 0.2) is 0 Å². The van der Waals surface area contributed by atoms with E-state index in [0.29, 0.717) is 48.4 Å². The van der Waals surface area contributed by atoms with E-state index in [4.69, 9.17) is 27.9 Å². The maximum atomic E-state index is 12.4.